The van der Waals surface area contributed by atoms with Gasteiger partial charge in [0.15, 0.2) is 0 Å². The summed E-state index contributed by atoms with van der Waals surface area (Å²) in [6, 6.07) is 7.76. The summed E-state index contributed by atoms with van der Waals surface area (Å²) in [4.78, 5) is 12.6. The van der Waals surface area contributed by atoms with E-state index in [4.69, 9.17) is 10.4 Å². The average molecular weight is 337 g/mol. The largest absolute Gasteiger partial charge is 0.480 e. The zero-order valence-electron chi connectivity index (χ0n) is 12.8. The molecule has 0 heterocycles. The maximum absolute atomic E-state index is 12.4. The molecule has 7 nitrogen and oxygen atoms in total. The molecular formula is C15H19N3O4S. The van der Waals surface area contributed by atoms with Crippen LogP contribution in [-0.2, 0) is 14.8 Å². The molecule has 124 valence electrons. The van der Waals surface area contributed by atoms with Gasteiger partial charge in [-0.2, -0.15) is 5.26 Å². The van der Waals surface area contributed by atoms with Crippen LogP contribution in [0.4, 0.5) is 0 Å². The fraction of sp³-hybridized carbons (Fsp3) is 0.467. The predicted molar refractivity (Wildman–Crippen MR) is 83.2 cm³/mol. The molecule has 0 saturated heterocycles. The number of nitrogens with zero attached hydrogens (tertiary/aromatic N) is 2. The highest BCUT2D eigenvalue weighted by Crippen LogP contribution is 2.27. The zero-order valence-corrected chi connectivity index (χ0v) is 13.6. The van der Waals surface area contributed by atoms with E-state index in [1.807, 2.05) is 17.9 Å². The molecule has 2 rings (SSSR count). The minimum absolute atomic E-state index is 0.0242. The van der Waals surface area contributed by atoms with Gasteiger partial charge in [0.25, 0.3) is 0 Å². The summed E-state index contributed by atoms with van der Waals surface area (Å²) in [6.45, 7) is 2.44. The number of hydrogen-bond acceptors (Lipinski definition) is 5. The van der Waals surface area contributed by atoms with Gasteiger partial charge in [-0.05, 0) is 31.5 Å². The Bertz CT molecular complexity index is 720. The summed E-state index contributed by atoms with van der Waals surface area (Å²) in [7, 11) is -3.75. The van der Waals surface area contributed by atoms with Crippen molar-refractivity contribution in [2.24, 2.45) is 0 Å². The zero-order chi connectivity index (χ0) is 17.0. The number of hydrogen-bond donors (Lipinski definition) is 2. The fourth-order valence-corrected chi connectivity index (χ4v) is 4.15. The van der Waals surface area contributed by atoms with Crippen molar-refractivity contribution >= 4 is 16.0 Å². The maximum atomic E-state index is 12.4. The molecule has 0 spiro atoms. The van der Waals surface area contributed by atoms with Crippen LogP contribution >= 0.6 is 0 Å². The van der Waals surface area contributed by atoms with Crippen molar-refractivity contribution in [3.63, 3.8) is 0 Å². The monoisotopic (exact) mass is 337 g/mol. The van der Waals surface area contributed by atoms with Crippen LogP contribution in [0.1, 0.15) is 25.3 Å². The maximum Gasteiger partial charge on any atom is 0.317 e. The van der Waals surface area contributed by atoms with Gasteiger partial charge in [0.2, 0.25) is 10.0 Å². The number of benzene rings is 1. The van der Waals surface area contributed by atoms with Gasteiger partial charge < -0.3 is 5.11 Å². The Morgan fingerprint density at radius 2 is 2.09 bits per heavy atom. The highest BCUT2D eigenvalue weighted by Gasteiger charge is 2.36. The molecule has 0 unspecified atom stereocenters. The van der Waals surface area contributed by atoms with E-state index in [9.17, 15) is 13.2 Å². The van der Waals surface area contributed by atoms with Crippen LogP contribution in [-0.4, -0.2) is 49.6 Å². The third-order valence-corrected chi connectivity index (χ3v) is 5.57. The van der Waals surface area contributed by atoms with Crippen LogP contribution < -0.4 is 4.72 Å². The highest BCUT2D eigenvalue weighted by atomic mass is 32.2. The summed E-state index contributed by atoms with van der Waals surface area (Å²) >= 11 is 0. The minimum Gasteiger partial charge on any atom is -0.480 e. The molecule has 23 heavy (non-hydrogen) atoms. The lowest BCUT2D eigenvalue weighted by Crippen LogP contribution is -2.54. The van der Waals surface area contributed by atoms with Gasteiger partial charge >= 0.3 is 5.97 Å². The summed E-state index contributed by atoms with van der Waals surface area (Å²) in [5, 5.41) is 17.9. The third-order valence-electron chi connectivity index (χ3n) is 3.99. The van der Waals surface area contributed by atoms with Crippen LogP contribution in [0.3, 0.4) is 0 Å². The average Bonchev–Trinajstić information content (AvgIpc) is 2.48. The molecule has 2 N–H and O–H groups in total. The summed E-state index contributed by atoms with van der Waals surface area (Å²) in [5.41, 5.74) is 0.108. The van der Waals surface area contributed by atoms with Crippen molar-refractivity contribution in [1.82, 2.24) is 9.62 Å². The first-order valence-electron chi connectivity index (χ1n) is 7.34. The summed E-state index contributed by atoms with van der Waals surface area (Å²) in [5.74, 6) is -0.890. The quantitative estimate of drug-likeness (QED) is 0.760. The number of rotatable bonds is 7. The summed E-state index contributed by atoms with van der Waals surface area (Å²) in [6.07, 6.45) is 1.13. The molecule has 1 aliphatic carbocycles. The summed E-state index contributed by atoms with van der Waals surface area (Å²) < 4.78 is 27.3. The highest BCUT2D eigenvalue weighted by molar-refractivity contribution is 7.89. The number of carboxylic acids is 1. The molecule has 1 fully saturated rings. The van der Waals surface area contributed by atoms with Crippen molar-refractivity contribution in [1.29, 1.82) is 5.26 Å². The van der Waals surface area contributed by atoms with Crippen LogP contribution in [0.15, 0.2) is 29.2 Å². The smallest absolute Gasteiger partial charge is 0.317 e. The molecule has 0 bridgehead atoms. The van der Waals surface area contributed by atoms with E-state index in [0.717, 1.165) is 0 Å². The molecule has 0 aliphatic heterocycles. The van der Waals surface area contributed by atoms with Crippen LogP contribution in [0.2, 0.25) is 0 Å². The Hall–Kier alpha value is -1.95. The van der Waals surface area contributed by atoms with Gasteiger partial charge in [0.05, 0.1) is 17.0 Å². The molecule has 8 heteroatoms. The SMILES string of the molecule is CCN(CC(=O)O)C1CC(NS(=O)(=O)c2ccccc2C#N)C1. The molecule has 0 radical (unpaired) electrons. The van der Waals surface area contributed by atoms with Crippen molar-refractivity contribution in [3.05, 3.63) is 29.8 Å². The molecule has 0 aromatic heterocycles. The standard InChI is InChI=1S/C15H19N3O4S/c1-2-18(10-15(19)20)13-7-12(8-13)17-23(21,22)14-6-4-3-5-11(14)9-16/h3-6,12-13,17H,2,7-8,10H2,1H3,(H,19,20). The lowest BCUT2D eigenvalue weighted by atomic mass is 9.86. The Morgan fingerprint density at radius 1 is 1.43 bits per heavy atom. The second kappa shape index (κ2) is 7.08. The topological polar surface area (TPSA) is 110 Å². The third kappa shape index (κ3) is 4.07. The number of likely N-dealkylation sites (N-methyl/N-ethyl adjacent to an activating group) is 1. The first-order chi connectivity index (χ1) is 10.9. The van der Waals surface area contributed by atoms with E-state index < -0.39 is 16.0 Å². The first-order valence-corrected chi connectivity index (χ1v) is 8.83. The lowest BCUT2D eigenvalue weighted by Gasteiger charge is -2.42. The normalized spacial score (nSPS) is 20.7. The van der Waals surface area contributed by atoms with Gasteiger partial charge in [-0.1, -0.05) is 19.1 Å². The Balaban J connectivity index is 1.99. The number of carboxylic acid groups (broad SMARTS) is 1. The van der Waals surface area contributed by atoms with Gasteiger partial charge in [0, 0.05) is 12.1 Å². The van der Waals surface area contributed by atoms with Gasteiger partial charge in [-0.15, -0.1) is 0 Å². The molecule has 1 aromatic rings. The molecule has 1 saturated carbocycles. The Labute approximate surface area is 135 Å². The van der Waals surface area contributed by atoms with E-state index >= 15 is 0 Å². The van der Waals surface area contributed by atoms with Crippen molar-refractivity contribution < 1.29 is 18.3 Å². The minimum atomic E-state index is -3.75. The van der Waals surface area contributed by atoms with E-state index in [1.54, 1.807) is 12.1 Å². The molecular weight excluding hydrogens is 318 g/mol. The molecule has 0 amide bonds. The van der Waals surface area contributed by atoms with E-state index in [-0.39, 0.29) is 29.1 Å². The van der Waals surface area contributed by atoms with E-state index in [1.165, 1.54) is 12.1 Å². The predicted octanol–water partition coefficient (Wildman–Crippen LogP) is 0.774. The van der Waals surface area contributed by atoms with Crippen LogP contribution in [0.5, 0.6) is 0 Å². The van der Waals surface area contributed by atoms with Gasteiger partial charge in [-0.3, -0.25) is 9.69 Å². The number of carbonyl (C=O) groups is 1. The van der Waals surface area contributed by atoms with Gasteiger partial charge in [0.1, 0.15) is 6.07 Å². The van der Waals surface area contributed by atoms with Crippen molar-refractivity contribution in [3.8, 4) is 6.07 Å². The fourth-order valence-electron chi connectivity index (χ4n) is 2.73. The second-order valence-corrected chi connectivity index (χ2v) is 7.19. The van der Waals surface area contributed by atoms with Crippen LogP contribution in [0, 0.1) is 11.3 Å². The Kier molecular flexibility index (Phi) is 5.36. The van der Waals surface area contributed by atoms with E-state index in [2.05, 4.69) is 4.72 Å². The first kappa shape index (κ1) is 17.4. The van der Waals surface area contributed by atoms with Crippen molar-refractivity contribution in [2.75, 3.05) is 13.1 Å². The molecule has 1 aromatic carbocycles. The number of nitriles is 1. The van der Waals surface area contributed by atoms with Crippen LogP contribution in [0.25, 0.3) is 0 Å². The number of aliphatic carboxylic acids is 1. The van der Waals surface area contributed by atoms with E-state index in [0.29, 0.717) is 19.4 Å². The second-order valence-electron chi connectivity index (χ2n) is 5.51. The Morgan fingerprint density at radius 3 is 2.65 bits per heavy atom. The lowest BCUT2D eigenvalue weighted by molar-refractivity contribution is -0.139. The van der Waals surface area contributed by atoms with Gasteiger partial charge in [-0.25, -0.2) is 13.1 Å². The molecule has 0 atom stereocenters. The number of nitrogens with one attached hydrogen (secondary N) is 1. The number of sulfonamides is 1. The van der Waals surface area contributed by atoms with Crippen molar-refractivity contribution in [2.45, 2.75) is 36.7 Å². The molecule has 1 aliphatic rings.